The molecule has 29 heavy (non-hydrogen) atoms. The summed E-state index contributed by atoms with van der Waals surface area (Å²) in [6.07, 6.45) is 2.23. The normalized spacial score (nSPS) is 23.5. The summed E-state index contributed by atoms with van der Waals surface area (Å²) in [7, 11) is 0. The fourth-order valence-corrected chi connectivity index (χ4v) is 5.91. The number of hydrogen-bond donors (Lipinski definition) is 0. The largest absolute Gasteiger partial charge is 0.342 e. The highest BCUT2D eigenvalue weighted by Crippen LogP contribution is 2.46. The van der Waals surface area contributed by atoms with Crippen molar-refractivity contribution in [3.05, 3.63) is 58.3 Å². The summed E-state index contributed by atoms with van der Waals surface area (Å²) in [6, 6.07) is 12.4. The SMILES string of the molecule is O=C(c1ccsc1)N1CC2(CN(Cc3ccccc3)CC2C(=O)N2CCCC2)C1. The van der Waals surface area contributed by atoms with Gasteiger partial charge in [0, 0.05) is 56.6 Å². The number of carbonyl (C=O) groups is 2. The van der Waals surface area contributed by atoms with Gasteiger partial charge >= 0.3 is 0 Å². The van der Waals surface area contributed by atoms with Crippen molar-refractivity contribution in [3.8, 4) is 0 Å². The molecule has 6 heteroatoms. The van der Waals surface area contributed by atoms with Crippen molar-refractivity contribution < 1.29 is 9.59 Å². The molecule has 0 N–H and O–H groups in total. The first-order chi connectivity index (χ1) is 14.1. The lowest BCUT2D eigenvalue weighted by atomic mass is 9.70. The van der Waals surface area contributed by atoms with E-state index in [1.807, 2.05) is 27.8 Å². The maximum atomic E-state index is 13.4. The van der Waals surface area contributed by atoms with Gasteiger partial charge < -0.3 is 9.80 Å². The van der Waals surface area contributed by atoms with Crippen LogP contribution in [-0.4, -0.2) is 65.8 Å². The molecule has 3 aliphatic rings. The van der Waals surface area contributed by atoms with Crippen molar-refractivity contribution in [3.63, 3.8) is 0 Å². The van der Waals surface area contributed by atoms with Crippen molar-refractivity contribution in [1.82, 2.24) is 14.7 Å². The zero-order valence-electron chi connectivity index (χ0n) is 16.6. The van der Waals surface area contributed by atoms with E-state index in [9.17, 15) is 9.59 Å². The van der Waals surface area contributed by atoms with E-state index in [1.54, 1.807) is 11.3 Å². The van der Waals surface area contributed by atoms with E-state index in [0.717, 1.165) is 51.1 Å². The van der Waals surface area contributed by atoms with Gasteiger partial charge in [-0.15, -0.1) is 0 Å². The van der Waals surface area contributed by atoms with Crippen LogP contribution in [0.2, 0.25) is 0 Å². The van der Waals surface area contributed by atoms with Crippen molar-refractivity contribution in [2.45, 2.75) is 19.4 Å². The van der Waals surface area contributed by atoms with Crippen LogP contribution >= 0.6 is 11.3 Å². The first-order valence-electron chi connectivity index (χ1n) is 10.5. The molecule has 1 aromatic heterocycles. The first kappa shape index (κ1) is 18.8. The Balaban J connectivity index is 1.33. The molecule has 2 amide bonds. The van der Waals surface area contributed by atoms with Gasteiger partial charge in [-0.2, -0.15) is 11.3 Å². The number of likely N-dealkylation sites (tertiary alicyclic amines) is 3. The van der Waals surface area contributed by atoms with Gasteiger partial charge in [0.1, 0.15) is 0 Å². The zero-order valence-corrected chi connectivity index (χ0v) is 17.4. The molecule has 1 unspecified atom stereocenters. The number of thiophene rings is 1. The number of nitrogens with zero attached hydrogens (tertiary/aromatic N) is 3. The molecule has 2 aromatic rings. The van der Waals surface area contributed by atoms with Gasteiger partial charge in [0.25, 0.3) is 5.91 Å². The monoisotopic (exact) mass is 409 g/mol. The summed E-state index contributed by atoms with van der Waals surface area (Å²) in [5.74, 6) is 0.405. The standard InChI is InChI=1S/C23H27N3O2S/c27-21(19-8-11-29-14-19)26-16-23(17-26)15-24(12-18-6-2-1-3-7-18)13-20(23)22(28)25-9-4-5-10-25/h1-3,6-8,11,14,20H,4-5,9-10,12-13,15-17H2. The second kappa shape index (κ2) is 7.58. The molecule has 152 valence electrons. The van der Waals surface area contributed by atoms with E-state index in [2.05, 4.69) is 34.1 Å². The van der Waals surface area contributed by atoms with E-state index >= 15 is 0 Å². The lowest BCUT2D eigenvalue weighted by molar-refractivity contribution is -0.141. The third-order valence-corrected chi connectivity index (χ3v) is 7.43. The highest BCUT2D eigenvalue weighted by molar-refractivity contribution is 7.08. The predicted octanol–water partition coefficient (Wildman–Crippen LogP) is 2.94. The molecule has 3 fully saturated rings. The molecule has 1 spiro atoms. The Bertz CT molecular complexity index is 871. The fourth-order valence-electron chi connectivity index (χ4n) is 5.28. The number of hydrogen-bond acceptors (Lipinski definition) is 4. The number of benzene rings is 1. The second-order valence-corrected chi connectivity index (χ2v) is 9.56. The third kappa shape index (κ3) is 3.49. The second-order valence-electron chi connectivity index (χ2n) is 8.78. The topological polar surface area (TPSA) is 43.9 Å². The number of rotatable bonds is 4. The van der Waals surface area contributed by atoms with Crippen molar-refractivity contribution in [1.29, 1.82) is 0 Å². The molecular weight excluding hydrogens is 382 g/mol. The van der Waals surface area contributed by atoms with Crippen LogP contribution in [0.25, 0.3) is 0 Å². The van der Waals surface area contributed by atoms with Gasteiger partial charge in [-0.25, -0.2) is 0 Å². The lowest BCUT2D eigenvalue weighted by Gasteiger charge is -2.51. The van der Waals surface area contributed by atoms with E-state index in [4.69, 9.17) is 0 Å². The summed E-state index contributed by atoms with van der Waals surface area (Å²) >= 11 is 1.55. The first-order valence-corrected chi connectivity index (χ1v) is 11.5. The number of carbonyl (C=O) groups excluding carboxylic acids is 2. The lowest BCUT2D eigenvalue weighted by Crippen LogP contribution is -2.64. The van der Waals surface area contributed by atoms with Crippen LogP contribution in [0.15, 0.2) is 47.2 Å². The van der Waals surface area contributed by atoms with Gasteiger partial charge in [0.05, 0.1) is 11.5 Å². The molecule has 3 saturated heterocycles. The molecule has 0 bridgehead atoms. The van der Waals surface area contributed by atoms with Crippen LogP contribution in [-0.2, 0) is 11.3 Å². The maximum Gasteiger partial charge on any atom is 0.254 e. The Kier molecular flexibility index (Phi) is 4.92. The van der Waals surface area contributed by atoms with Gasteiger partial charge in [-0.05, 0) is 29.9 Å². The maximum absolute atomic E-state index is 13.4. The summed E-state index contributed by atoms with van der Waals surface area (Å²) in [4.78, 5) is 32.5. The molecule has 1 aromatic carbocycles. The Morgan fingerprint density at radius 2 is 1.76 bits per heavy atom. The average molecular weight is 410 g/mol. The van der Waals surface area contributed by atoms with Gasteiger partial charge in [-0.1, -0.05) is 30.3 Å². The quantitative estimate of drug-likeness (QED) is 0.780. The fraction of sp³-hybridized carbons (Fsp3) is 0.478. The average Bonchev–Trinajstić information content (AvgIpc) is 3.46. The summed E-state index contributed by atoms with van der Waals surface area (Å²) in [5, 5.41) is 3.86. The summed E-state index contributed by atoms with van der Waals surface area (Å²) < 4.78 is 0. The minimum atomic E-state index is -0.0971. The van der Waals surface area contributed by atoms with Gasteiger partial charge in [0.2, 0.25) is 5.91 Å². The molecule has 0 aliphatic carbocycles. The summed E-state index contributed by atoms with van der Waals surface area (Å²) in [5.41, 5.74) is 1.95. The molecule has 1 atom stereocenters. The molecule has 0 saturated carbocycles. The van der Waals surface area contributed by atoms with Crippen LogP contribution in [0.4, 0.5) is 0 Å². The van der Waals surface area contributed by atoms with Crippen molar-refractivity contribution >= 4 is 23.2 Å². The minimum Gasteiger partial charge on any atom is -0.342 e. The van der Waals surface area contributed by atoms with Gasteiger partial charge in [-0.3, -0.25) is 14.5 Å². The minimum absolute atomic E-state index is 0.00385. The molecule has 0 radical (unpaired) electrons. The highest BCUT2D eigenvalue weighted by atomic mass is 32.1. The predicted molar refractivity (Wildman–Crippen MR) is 114 cm³/mol. The van der Waals surface area contributed by atoms with E-state index < -0.39 is 0 Å². The zero-order chi connectivity index (χ0) is 19.8. The molecule has 4 heterocycles. The molecule has 5 nitrogen and oxygen atoms in total. The van der Waals surface area contributed by atoms with Gasteiger partial charge in [0.15, 0.2) is 0 Å². The van der Waals surface area contributed by atoms with Crippen molar-refractivity contribution in [2.75, 3.05) is 39.3 Å². The van der Waals surface area contributed by atoms with Crippen LogP contribution in [0, 0.1) is 11.3 Å². The highest BCUT2D eigenvalue weighted by Gasteiger charge is 2.58. The molecule has 3 aliphatic heterocycles. The Morgan fingerprint density at radius 3 is 2.45 bits per heavy atom. The Hall–Kier alpha value is -2.18. The molecular formula is C23H27N3O2S. The smallest absolute Gasteiger partial charge is 0.254 e. The Labute approximate surface area is 175 Å². The molecule has 5 rings (SSSR count). The van der Waals surface area contributed by atoms with E-state index in [-0.39, 0.29) is 17.2 Å². The number of amides is 2. The van der Waals surface area contributed by atoms with Crippen LogP contribution < -0.4 is 0 Å². The Morgan fingerprint density at radius 1 is 1.00 bits per heavy atom. The van der Waals surface area contributed by atoms with E-state index in [1.165, 1.54) is 5.56 Å². The van der Waals surface area contributed by atoms with Crippen molar-refractivity contribution in [2.24, 2.45) is 11.3 Å². The van der Waals surface area contributed by atoms with E-state index in [0.29, 0.717) is 19.0 Å². The van der Waals surface area contributed by atoms with Crippen LogP contribution in [0.5, 0.6) is 0 Å². The summed E-state index contributed by atoms with van der Waals surface area (Å²) in [6.45, 7) is 5.72. The third-order valence-electron chi connectivity index (χ3n) is 6.75. The van der Waals surface area contributed by atoms with Crippen LogP contribution in [0.1, 0.15) is 28.8 Å². The van der Waals surface area contributed by atoms with Crippen LogP contribution in [0.3, 0.4) is 0 Å².